The van der Waals surface area contributed by atoms with Crippen molar-refractivity contribution >= 4 is 17.5 Å². The highest BCUT2D eigenvalue weighted by atomic mass is 35.5. The van der Waals surface area contributed by atoms with E-state index in [1.54, 1.807) is 4.68 Å². The van der Waals surface area contributed by atoms with Gasteiger partial charge in [0.1, 0.15) is 5.69 Å². The molecule has 0 saturated heterocycles. The van der Waals surface area contributed by atoms with Crippen LogP contribution >= 0.6 is 11.6 Å². The molecule has 0 N–H and O–H groups in total. The Labute approximate surface area is 157 Å². The molecule has 6 heteroatoms. The molecule has 2 aromatic carbocycles. The molecule has 0 radical (unpaired) electrons. The normalized spacial score (nSPS) is 13.3. The van der Waals surface area contributed by atoms with Gasteiger partial charge in [-0.25, -0.2) is 4.68 Å². The smallest absolute Gasteiger partial charge is 0.254 e. The average Bonchev–Trinajstić information content (AvgIpc) is 3.16. The lowest BCUT2D eigenvalue weighted by Gasteiger charge is -2.13. The molecule has 1 amide bonds. The minimum Gasteiger partial charge on any atom is -0.334 e. The van der Waals surface area contributed by atoms with Gasteiger partial charge in [0.05, 0.1) is 16.4 Å². The Morgan fingerprint density at radius 1 is 1.19 bits per heavy atom. The fraction of sp³-hybridized carbons (Fsp3) is 0.250. The van der Waals surface area contributed by atoms with E-state index in [1.807, 2.05) is 48.2 Å². The Morgan fingerprint density at radius 2 is 2.00 bits per heavy atom. The lowest BCUT2D eigenvalue weighted by Crippen LogP contribution is -2.24. The van der Waals surface area contributed by atoms with E-state index < -0.39 is 0 Å². The first-order valence-corrected chi connectivity index (χ1v) is 9.07. The molecule has 0 unspecified atom stereocenters. The van der Waals surface area contributed by atoms with Gasteiger partial charge in [-0.2, -0.15) is 0 Å². The van der Waals surface area contributed by atoms with E-state index in [2.05, 4.69) is 23.3 Å². The summed E-state index contributed by atoms with van der Waals surface area (Å²) in [5, 5.41) is 9.27. The first kappa shape index (κ1) is 16.8. The lowest BCUT2D eigenvalue weighted by molar-refractivity contribution is 0.0778. The van der Waals surface area contributed by atoms with Crippen LogP contribution in [0.2, 0.25) is 5.02 Å². The molecule has 1 aliphatic rings. The van der Waals surface area contributed by atoms with Gasteiger partial charge in [-0.3, -0.25) is 4.79 Å². The number of carbonyl (C=O) groups excluding carboxylic acids is 1. The molecular weight excluding hydrogens is 348 g/mol. The van der Waals surface area contributed by atoms with Crippen molar-refractivity contribution in [2.75, 3.05) is 6.54 Å². The summed E-state index contributed by atoms with van der Waals surface area (Å²) in [6.45, 7) is 5.50. The summed E-state index contributed by atoms with van der Waals surface area (Å²) in [5.74, 6) is 0.116. The molecule has 0 fully saturated rings. The number of amides is 1. The van der Waals surface area contributed by atoms with Crippen molar-refractivity contribution in [3.63, 3.8) is 0 Å². The standard InChI is InChI=1S/C20H19ClN4O/c1-3-10-24-12-15-11-14(8-9-16(15)20(24)26)19-13(2)25(23-22-19)18-7-5-4-6-17(18)21/h4-9,11H,3,10,12H2,1-2H3. The first-order chi connectivity index (χ1) is 12.6. The predicted octanol–water partition coefficient (Wildman–Crippen LogP) is 4.26. The Balaban J connectivity index is 1.72. The number of benzene rings is 2. The molecule has 2 heterocycles. The van der Waals surface area contributed by atoms with Crippen molar-refractivity contribution in [3.8, 4) is 16.9 Å². The molecule has 0 atom stereocenters. The van der Waals surface area contributed by atoms with Crippen LogP contribution in [0.3, 0.4) is 0 Å². The van der Waals surface area contributed by atoms with Gasteiger partial charge in [0.25, 0.3) is 5.91 Å². The molecule has 1 aliphatic heterocycles. The number of halogens is 1. The second-order valence-electron chi connectivity index (χ2n) is 6.49. The largest absolute Gasteiger partial charge is 0.334 e. The summed E-state index contributed by atoms with van der Waals surface area (Å²) in [6, 6.07) is 13.5. The van der Waals surface area contributed by atoms with Crippen LogP contribution < -0.4 is 0 Å². The molecule has 132 valence electrons. The Bertz CT molecular complexity index is 995. The molecule has 1 aromatic heterocycles. The Hall–Kier alpha value is -2.66. The third-order valence-corrected chi connectivity index (χ3v) is 5.05. The minimum absolute atomic E-state index is 0.116. The van der Waals surface area contributed by atoms with Crippen LogP contribution in [0.1, 0.15) is 35.0 Å². The summed E-state index contributed by atoms with van der Waals surface area (Å²) < 4.78 is 1.75. The maximum absolute atomic E-state index is 12.4. The molecule has 0 spiro atoms. The van der Waals surface area contributed by atoms with Gasteiger partial charge < -0.3 is 4.90 Å². The van der Waals surface area contributed by atoms with Crippen molar-refractivity contribution in [2.24, 2.45) is 0 Å². The number of para-hydroxylation sites is 1. The fourth-order valence-corrected chi connectivity index (χ4v) is 3.64. The highest BCUT2D eigenvalue weighted by molar-refractivity contribution is 6.32. The monoisotopic (exact) mass is 366 g/mol. The van der Waals surface area contributed by atoms with Gasteiger partial charge in [0.15, 0.2) is 0 Å². The van der Waals surface area contributed by atoms with Crippen molar-refractivity contribution < 1.29 is 4.79 Å². The van der Waals surface area contributed by atoms with Gasteiger partial charge in [0.2, 0.25) is 0 Å². The van der Waals surface area contributed by atoms with Crippen LogP contribution in [-0.4, -0.2) is 32.3 Å². The van der Waals surface area contributed by atoms with Crippen LogP contribution in [-0.2, 0) is 6.54 Å². The number of nitrogens with zero attached hydrogens (tertiary/aromatic N) is 4. The van der Waals surface area contributed by atoms with Gasteiger partial charge >= 0.3 is 0 Å². The van der Waals surface area contributed by atoms with Crippen LogP contribution in [0, 0.1) is 6.92 Å². The van der Waals surface area contributed by atoms with E-state index in [9.17, 15) is 4.79 Å². The molecule has 4 rings (SSSR count). The number of fused-ring (bicyclic) bond motifs is 1. The molecular formula is C20H19ClN4O. The Morgan fingerprint density at radius 3 is 2.77 bits per heavy atom. The number of hydrogen-bond donors (Lipinski definition) is 0. The van der Waals surface area contributed by atoms with Crippen molar-refractivity contribution in [2.45, 2.75) is 26.8 Å². The van der Waals surface area contributed by atoms with Crippen molar-refractivity contribution in [1.82, 2.24) is 19.9 Å². The number of rotatable bonds is 4. The molecule has 26 heavy (non-hydrogen) atoms. The van der Waals surface area contributed by atoms with E-state index >= 15 is 0 Å². The summed E-state index contributed by atoms with van der Waals surface area (Å²) in [7, 11) is 0. The quantitative estimate of drug-likeness (QED) is 0.693. The summed E-state index contributed by atoms with van der Waals surface area (Å²) >= 11 is 6.29. The highest BCUT2D eigenvalue weighted by Gasteiger charge is 2.27. The second kappa shape index (κ2) is 6.57. The highest BCUT2D eigenvalue weighted by Crippen LogP contribution is 2.30. The van der Waals surface area contributed by atoms with E-state index in [0.717, 1.165) is 46.7 Å². The van der Waals surface area contributed by atoms with Crippen LogP contribution in [0.15, 0.2) is 42.5 Å². The van der Waals surface area contributed by atoms with E-state index in [0.29, 0.717) is 11.6 Å². The zero-order chi connectivity index (χ0) is 18.3. The van der Waals surface area contributed by atoms with Gasteiger partial charge in [-0.1, -0.05) is 41.9 Å². The molecule has 0 bridgehead atoms. The third kappa shape index (κ3) is 2.69. The first-order valence-electron chi connectivity index (χ1n) is 8.70. The van der Waals surface area contributed by atoms with E-state index in [1.165, 1.54) is 0 Å². The summed E-state index contributed by atoms with van der Waals surface area (Å²) in [5.41, 5.74) is 5.31. The van der Waals surface area contributed by atoms with Gasteiger partial charge in [0, 0.05) is 24.2 Å². The SMILES string of the molecule is CCCN1Cc2cc(-c3nnn(-c4ccccc4Cl)c3C)ccc2C1=O. The lowest BCUT2D eigenvalue weighted by atomic mass is 10.0. The van der Waals surface area contributed by atoms with E-state index in [-0.39, 0.29) is 5.91 Å². The molecule has 3 aromatic rings. The van der Waals surface area contributed by atoms with Crippen molar-refractivity contribution in [3.05, 3.63) is 64.3 Å². The Kier molecular flexibility index (Phi) is 4.24. The predicted molar refractivity (Wildman–Crippen MR) is 102 cm³/mol. The third-order valence-electron chi connectivity index (χ3n) is 4.73. The summed E-state index contributed by atoms with van der Waals surface area (Å²) in [6.07, 6.45) is 0.956. The van der Waals surface area contributed by atoms with E-state index in [4.69, 9.17) is 11.6 Å². The minimum atomic E-state index is 0.116. The number of aromatic nitrogens is 3. The van der Waals surface area contributed by atoms with Crippen molar-refractivity contribution in [1.29, 1.82) is 0 Å². The zero-order valence-electron chi connectivity index (χ0n) is 14.7. The van der Waals surface area contributed by atoms with Crippen LogP contribution in [0.4, 0.5) is 0 Å². The summed E-state index contributed by atoms with van der Waals surface area (Å²) in [4.78, 5) is 14.3. The maximum Gasteiger partial charge on any atom is 0.254 e. The van der Waals surface area contributed by atoms with Crippen LogP contribution in [0.5, 0.6) is 0 Å². The second-order valence-corrected chi connectivity index (χ2v) is 6.89. The maximum atomic E-state index is 12.4. The topological polar surface area (TPSA) is 51.0 Å². The molecule has 0 aliphatic carbocycles. The molecule has 5 nitrogen and oxygen atoms in total. The van der Waals surface area contributed by atoms with Crippen LogP contribution in [0.25, 0.3) is 16.9 Å². The van der Waals surface area contributed by atoms with Gasteiger partial charge in [-0.15, -0.1) is 5.10 Å². The molecule has 0 saturated carbocycles. The zero-order valence-corrected chi connectivity index (χ0v) is 15.5. The number of hydrogen-bond acceptors (Lipinski definition) is 3. The van der Waals surface area contributed by atoms with Gasteiger partial charge in [-0.05, 0) is 43.2 Å². The number of carbonyl (C=O) groups is 1. The fourth-order valence-electron chi connectivity index (χ4n) is 3.43. The average molecular weight is 367 g/mol.